The van der Waals surface area contributed by atoms with Gasteiger partial charge in [-0.15, -0.1) is 0 Å². The van der Waals surface area contributed by atoms with Crippen LogP contribution in [0, 0.1) is 5.92 Å². The Morgan fingerprint density at radius 1 is 0.833 bits per heavy atom. The van der Waals surface area contributed by atoms with Crippen molar-refractivity contribution in [3.05, 3.63) is 65.2 Å². The van der Waals surface area contributed by atoms with Crippen molar-refractivity contribution in [2.75, 3.05) is 0 Å². The second kappa shape index (κ2) is 5.93. The molecule has 4 unspecified atom stereocenters. The van der Waals surface area contributed by atoms with Crippen LogP contribution in [-0.4, -0.2) is 18.2 Å². The smallest absolute Gasteiger partial charge is 0.123 e. The summed E-state index contributed by atoms with van der Waals surface area (Å²) in [5.74, 6) is 1.85. The molecule has 1 N–H and O–H groups in total. The molecule has 6 rings (SSSR count). The topological polar surface area (TPSA) is 21.3 Å². The summed E-state index contributed by atoms with van der Waals surface area (Å²) in [5, 5.41) is 3.97. The molecule has 0 amide bonds. The number of piperidine rings is 1. The summed E-state index contributed by atoms with van der Waals surface area (Å²) >= 11 is 0. The van der Waals surface area contributed by atoms with Gasteiger partial charge in [0.1, 0.15) is 11.9 Å². The van der Waals surface area contributed by atoms with E-state index < -0.39 is 0 Å². The molecule has 2 nitrogen and oxygen atoms in total. The summed E-state index contributed by atoms with van der Waals surface area (Å²) in [6.45, 7) is 0. The zero-order chi connectivity index (χ0) is 15.9. The van der Waals surface area contributed by atoms with Gasteiger partial charge in [-0.05, 0) is 54.4 Å². The van der Waals surface area contributed by atoms with Crippen LogP contribution in [0.3, 0.4) is 0 Å². The van der Waals surface area contributed by atoms with Gasteiger partial charge in [-0.1, -0.05) is 42.5 Å². The molecule has 2 bridgehead atoms. The molecule has 4 aliphatic rings. The third-order valence-electron chi connectivity index (χ3n) is 6.20. The van der Waals surface area contributed by atoms with Crippen LogP contribution in [0.5, 0.6) is 5.75 Å². The Bertz CT molecular complexity index is 715. The van der Waals surface area contributed by atoms with Crippen molar-refractivity contribution in [3.8, 4) is 5.75 Å². The van der Waals surface area contributed by atoms with E-state index in [-0.39, 0.29) is 0 Å². The Labute approximate surface area is 144 Å². The SMILES string of the molecule is c1ccc2c(c1)CC1CCC(C2)C(CC2Cc3ccccc3O2)N1. The predicted molar refractivity (Wildman–Crippen MR) is 96.5 cm³/mol. The van der Waals surface area contributed by atoms with Crippen LogP contribution in [0.25, 0.3) is 0 Å². The number of hydrogen-bond donors (Lipinski definition) is 1. The Hall–Kier alpha value is -1.80. The van der Waals surface area contributed by atoms with Crippen LogP contribution in [0.1, 0.15) is 36.0 Å². The van der Waals surface area contributed by atoms with Crippen molar-refractivity contribution >= 4 is 0 Å². The van der Waals surface area contributed by atoms with E-state index in [1.165, 1.54) is 31.2 Å². The Kier molecular flexibility index (Phi) is 3.59. The zero-order valence-electron chi connectivity index (χ0n) is 14.1. The molecule has 3 aliphatic heterocycles. The third-order valence-corrected chi connectivity index (χ3v) is 6.20. The minimum Gasteiger partial charge on any atom is -0.490 e. The monoisotopic (exact) mass is 319 g/mol. The van der Waals surface area contributed by atoms with Gasteiger partial charge in [-0.25, -0.2) is 0 Å². The highest BCUT2D eigenvalue weighted by Gasteiger charge is 2.36. The number of rotatable bonds is 2. The van der Waals surface area contributed by atoms with Crippen LogP contribution >= 0.6 is 0 Å². The van der Waals surface area contributed by atoms with Gasteiger partial charge in [-0.2, -0.15) is 0 Å². The molecule has 24 heavy (non-hydrogen) atoms. The third kappa shape index (κ3) is 2.63. The fourth-order valence-corrected chi connectivity index (χ4v) is 4.98. The molecular weight excluding hydrogens is 294 g/mol. The molecular formula is C22H25NO. The van der Waals surface area contributed by atoms with Crippen molar-refractivity contribution in [1.82, 2.24) is 5.32 Å². The van der Waals surface area contributed by atoms with Crippen LogP contribution in [0.2, 0.25) is 0 Å². The van der Waals surface area contributed by atoms with Gasteiger partial charge in [-0.3, -0.25) is 0 Å². The molecule has 4 atom stereocenters. The maximum Gasteiger partial charge on any atom is 0.123 e. The van der Waals surface area contributed by atoms with Gasteiger partial charge >= 0.3 is 0 Å². The second-order valence-electron chi connectivity index (χ2n) is 7.77. The highest BCUT2D eigenvalue weighted by atomic mass is 16.5. The predicted octanol–water partition coefficient (Wildman–Crippen LogP) is 3.92. The fourth-order valence-electron chi connectivity index (χ4n) is 4.98. The standard InChI is InChI=1S/C22H25NO/c1-2-6-16-12-19-10-9-17(11-15(16)5-1)21(23-19)14-20-13-18-7-3-4-8-22(18)24-20/h1-8,17,19-21,23H,9-14H2. The van der Waals surface area contributed by atoms with Gasteiger partial charge in [0.25, 0.3) is 0 Å². The number of nitrogens with one attached hydrogen (secondary N) is 1. The minimum absolute atomic E-state index is 0.343. The second-order valence-corrected chi connectivity index (χ2v) is 7.77. The highest BCUT2D eigenvalue weighted by molar-refractivity contribution is 5.37. The number of ether oxygens (including phenoxy) is 1. The van der Waals surface area contributed by atoms with E-state index in [9.17, 15) is 0 Å². The molecule has 2 aromatic rings. The highest BCUT2D eigenvalue weighted by Crippen LogP contribution is 2.35. The summed E-state index contributed by atoms with van der Waals surface area (Å²) < 4.78 is 6.22. The Morgan fingerprint density at radius 3 is 2.42 bits per heavy atom. The number of para-hydroxylation sites is 1. The van der Waals surface area contributed by atoms with Crippen LogP contribution in [0.4, 0.5) is 0 Å². The van der Waals surface area contributed by atoms with E-state index in [0.29, 0.717) is 18.2 Å². The van der Waals surface area contributed by atoms with Crippen molar-refractivity contribution in [2.45, 2.75) is 56.7 Å². The van der Waals surface area contributed by atoms with Crippen LogP contribution < -0.4 is 10.1 Å². The number of benzene rings is 2. The largest absolute Gasteiger partial charge is 0.490 e. The summed E-state index contributed by atoms with van der Waals surface area (Å²) in [5.41, 5.74) is 4.51. The summed E-state index contributed by atoms with van der Waals surface area (Å²) in [7, 11) is 0. The summed E-state index contributed by atoms with van der Waals surface area (Å²) in [4.78, 5) is 0. The normalized spacial score (nSPS) is 30.8. The first-order valence-corrected chi connectivity index (χ1v) is 9.42. The van der Waals surface area contributed by atoms with Gasteiger partial charge in [0, 0.05) is 24.9 Å². The van der Waals surface area contributed by atoms with Crippen LogP contribution in [0.15, 0.2) is 48.5 Å². The first-order chi connectivity index (χ1) is 11.8. The molecule has 0 saturated carbocycles. The van der Waals surface area contributed by atoms with Gasteiger partial charge in [0.2, 0.25) is 0 Å². The van der Waals surface area contributed by atoms with E-state index >= 15 is 0 Å². The lowest BCUT2D eigenvalue weighted by Crippen LogP contribution is -2.52. The number of hydrogen-bond acceptors (Lipinski definition) is 2. The first kappa shape index (κ1) is 14.5. The van der Waals surface area contributed by atoms with E-state index in [0.717, 1.165) is 24.5 Å². The molecule has 2 aromatic carbocycles. The molecule has 3 heterocycles. The zero-order valence-corrected chi connectivity index (χ0v) is 14.1. The van der Waals surface area contributed by atoms with E-state index in [1.807, 2.05) is 0 Å². The first-order valence-electron chi connectivity index (χ1n) is 9.42. The Balaban J connectivity index is 1.33. The fraction of sp³-hybridized carbons (Fsp3) is 0.455. The summed E-state index contributed by atoms with van der Waals surface area (Å²) in [6, 6.07) is 18.8. The molecule has 2 heteroatoms. The Morgan fingerprint density at radius 2 is 1.58 bits per heavy atom. The molecule has 1 aliphatic carbocycles. The average Bonchev–Trinajstić information content (AvgIpc) is 2.98. The van der Waals surface area contributed by atoms with E-state index in [4.69, 9.17) is 4.74 Å². The maximum absolute atomic E-state index is 6.22. The molecule has 124 valence electrons. The van der Waals surface area contributed by atoms with Crippen molar-refractivity contribution < 1.29 is 4.74 Å². The number of fused-ring (bicyclic) bond motifs is 3. The van der Waals surface area contributed by atoms with Crippen LogP contribution in [-0.2, 0) is 19.3 Å². The van der Waals surface area contributed by atoms with E-state index in [1.54, 1.807) is 11.1 Å². The molecule has 1 saturated heterocycles. The lowest BCUT2D eigenvalue weighted by molar-refractivity contribution is 0.143. The van der Waals surface area contributed by atoms with Crippen molar-refractivity contribution in [3.63, 3.8) is 0 Å². The van der Waals surface area contributed by atoms with Crippen molar-refractivity contribution in [2.24, 2.45) is 5.92 Å². The van der Waals surface area contributed by atoms with Crippen molar-refractivity contribution in [1.29, 1.82) is 0 Å². The van der Waals surface area contributed by atoms with Gasteiger partial charge in [0.05, 0.1) is 0 Å². The van der Waals surface area contributed by atoms with Gasteiger partial charge in [0.15, 0.2) is 0 Å². The minimum atomic E-state index is 0.343. The lowest BCUT2D eigenvalue weighted by Gasteiger charge is -2.41. The lowest BCUT2D eigenvalue weighted by atomic mass is 9.75. The van der Waals surface area contributed by atoms with Gasteiger partial charge < -0.3 is 10.1 Å². The van der Waals surface area contributed by atoms with E-state index in [2.05, 4.69) is 53.8 Å². The average molecular weight is 319 g/mol. The quantitative estimate of drug-likeness (QED) is 0.906. The maximum atomic E-state index is 6.22. The molecule has 0 radical (unpaired) electrons. The summed E-state index contributed by atoms with van der Waals surface area (Å²) in [6.07, 6.45) is 7.64. The molecule has 0 spiro atoms. The molecule has 0 aromatic heterocycles. The molecule has 1 fully saturated rings.